The van der Waals surface area contributed by atoms with Crippen LogP contribution in [0.5, 0.6) is 5.75 Å². The summed E-state index contributed by atoms with van der Waals surface area (Å²) in [5, 5.41) is 0.553. The number of fused-ring (bicyclic) bond motifs is 1. The Morgan fingerprint density at radius 3 is 2.86 bits per heavy atom. The molecule has 1 aliphatic rings. The molecule has 4 nitrogen and oxygen atoms in total. The zero-order valence-electron chi connectivity index (χ0n) is 12.0. The Bertz CT molecular complexity index is 699. The van der Waals surface area contributed by atoms with Crippen molar-refractivity contribution in [3.8, 4) is 5.75 Å². The third-order valence-electron chi connectivity index (χ3n) is 3.73. The van der Waals surface area contributed by atoms with Gasteiger partial charge < -0.3 is 14.1 Å². The molecule has 0 amide bonds. The van der Waals surface area contributed by atoms with Gasteiger partial charge in [-0.05, 0) is 31.4 Å². The number of hydrogen-bond donors (Lipinski definition) is 0. The molecule has 1 fully saturated rings. The predicted molar refractivity (Wildman–Crippen MR) is 84.2 cm³/mol. The fraction of sp³-hybridized carbons (Fsp3) is 0.353. The highest BCUT2D eigenvalue weighted by Gasteiger charge is 2.16. The lowest BCUT2D eigenvalue weighted by atomic mass is 10.1. The van der Waals surface area contributed by atoms with Crippen LogP contribution in [0.3, 0.4) is 0 Å². The molecule has 3 rings (SSSR count). The molecule has 2 heterocycles. The first kappa shape index (κ1) is 13.7. The number of nitrogens with zero attached hydrogens (tertiary/aromatic N) is 1. The van der Waals surface area contributed by atoms with Gasteiger partial charge in [0.1, 0.15) is 6.61 Å². The van der Waals surface area contributed by atoms with Gasteiger partial charge in [0.15, 0.2) is 22.6 Å². The van der Waals surface area contributed by atoms with Crippen molar-refractivity contribution in [1.82, 2.24) is 0 Å². The van der Waals surface area contributed by atoms with Gasteiger partial charge in [0.25, 0.3) is 0 Å². The first-order valence-electron chi connectivity index (χ1n) is 7.35. The Morgan fingerprint density at radius 1 is 1.29 bits per heavy atom. The topological polar surface area (TPSA) is 42.7 Å². The van der Waals surface area contributed by atoms with Gasteiger partial charge in [0.05, 0.1) is 5.39 Å². The molecule has 0 bridgehead atoms. The molecule has 1 aromatic heterocycles. The van der Waals surface area contributed by atoms with Crippen LogP contribution in [0.2, 0.25) is 0 Å². The Kier molecular flexibility index (Phi) is 3.95. The van der Waals surface area contributed by atoms with Gasteiger partial charge in [-0.1, -0.05) is 18.7 Å². The molecule has 0 spiro atoms. The molecule has 0 unspecified atom stereocenters. The van der Waals surface area contributed by atoms with Crippen molar-refractivity contribution in [2.24, 2.45) is 0 Å². The maximum atomic E-state index is 12.3. The zero-order valence-corrected chi connectivity index (χ0v) is 12.0. The molecule has 1 saturated heterocycles. The number of para-hydroxylation sites is 1. The van der Waals surface area contributed by atoms with Crippen LogP contribution in [-0.4, -0.2) is 19.7 Å². The van der Waals surface area contributed by atoms with Crippen molar-refractivity contribution < 1.29 is 9.15 Å². The van der Waals surface area contributed by atoms with E-state index in [0.717, 1.165) is 25.9 Å². The maximum absolute atomic E-state index is 12.3. The summed E-state index contributed by atoms with van der Waals surface area (Å²) in [4.78, 5) is 14.4. The summed E-state index contributed by atoms with van der Waals surface area (Å²) >= 11 is 0. The summed E-state index contributed by atoms with van der Waals surface area (Å²) in [5.74, 6) is 1.23. The Hall–Kier alpha value is -2.23. The van der Waals surface area contributed by atoms with E-state index >= 15 is 0 Å². The highest BCUT2D eigenvalue weighted by molar-refractivity contribution is 5.83. The summed E-state index contributed by atoms with van der Waals surface area (Å²) in [6, 6.07) is 6.97. The summed E-state index contributed by atoms with van der Waals surface area (Å²) in [6.45, 7) is 5.89. The number of anilines is 1. The van der Waals surface area contributed by atoms with E-state index in [1.54, 1.807) is 24.3 Å². The summed E-state index contributed by atoms with van der Waals surface area (Å²) in [5.41, 5.74) is 0.494. The van der Waals surface area contributed by atoms with Crippen LogP contribution in [0.15, 0.2) is 46.1 Å². The van der Waals surface area contributed by atoms with E-state index in [0.29, 0.717) is 29.2 Å². The van der Waals surface area contributed by atoms with E-state index in [1.807, 2.05) is 6.07 Å². The van der Waals surface area contributed by atoms with Crippen molar-refractivity contribution >= 4 is 16.9 Å². The second-order valence-electron chi connectivity index (χ2n) is 5.23. The normalized spacial score (nSPS) is 15.1. The number of hydrogen-bond acceptors (Lipinski definition) is 4. The molecule has 1 aliphatic heterocycles. The highest BCUT2D eigenvalue weighted by atomic mass is 16.5. The molecule has 0 N–H and O–H groups in total. The first-order chi connectivity index (χ1) is 10.3. The maximum Gasteiger partial charge on any atom is 0.200 e. The molecule has 2 aromatic rings. The van der Waals surface area contributed by atoms with E-state index < -0.39 is 0 Å². The summed E-state index contributed by atoms with van der Waals surface area (Å²) in [6.07, 6.45) is 5.18. The lowest BCUT2D eigenvalue weighted by molar-refractivity contribution is 0.360. The van der Waals surface area contributed by atoms with E-state index in [1.165, 1.54) is 6.42 Å². The average molecular weight is 285 g/mol. The smallest absolute Gasteiger partial charge is 0.200 e. The van der Waals surface area contributed by atoms with Crippen molar-refractivity contribution in [3.63, 3.8) is 0 Å². The third-order valence-corrected chi connectivity index (χ3v) is 3.73. The molecule has 21 heavy (non-hydrogen) atoms. The van der Waals surface area contributed by atoms with Gasteiger partial charge in [-0.2, -0.15) is 0 Å². The predicted octanol–water partition coefficient (Wildman–Crippen LogP) is 3.35. The molecule has 4 heteroatoms. The first-order valence-corrected chi connectivity index (χ1v) is 7.35. The van der Waals surface area contributed by atoms with Crippen LogP contribution in [0.4, 0.5) is 5.88 Å². The number of ether oxygens (including phenoxy) is 1. The highest BCUT2D eigenvalue weighted by Crippen LogP contribution is 2.28. The van der Waals surface area contributed by atoms with E-state index in [9.17, 15) is 4.79 Å². The van der Waals surface area contributed by atoms with Gasteiger partial charge in [-0.3, -0.25) is 4.79 Å². The second kappa shape index (κ2) is 6.04. The Morgan fingerprint density at radius 2 is 2.10 bits per heavy atom. The fourth-order valence-corrected chi connectivity index (χ4v) is 2.67. The van der Waals surface area contributed by atoms with Crippen LogP contribution in [0.1, 0.15) is 19.3 Å². The van der Waals surface area contributed by atoms with Crippen molar-refractivity contribution in [3.05, 3.63) is 47.1 Å². The molecule has 110 valence electrons. The van der Waals surface area contributed by atoms with E-state index in [2.05, 4.69) is 11.5 Å². The standard InChI is InChI=1S/C17H19NO3/c1-2-11-20-15-8-6-7-13-14(19)12-16(21-17(13)15)18-9-4-3-5-10-18/h2,6-8,12H,1,3-5,9-11H2. The van der Waals surface area contributed by atoms with Crippen molar-refractivity contribution in [1.29, 1.82) is 0 Å². The second-order valence-corrected chi connectivity index (χ2v) is 5.23. The molecular formula is C17H19NO3. The summed E-state index contributed by atoms with van der Waals surface area (Å²) < 4.78 is 11.6. The number of piperidine rings is 1. The Balaban J connectivity index is 2.07. The molecule has 0 saturated carbocycles. The molecular weight excluding hydrogens is 266 g/mol. The molecule has 0 atom stereocenters. The third kappa shape index (κ3) is 2.79. The van der Waals surface area contributed by atoms with Crippen LogP contribution < -0.4 is 15.1 Å². The monoisotopic (exact) mass is 285 g/mol. The van der Waals surface area contributed by atoms with Gasteiger partial charge in [0.2, 0.25) is 0 Å². The van der Waals surface area contributed by atoms with Crippen LogP contribution in [-0.2, 0) is 0 Å². The van der Waals surface area contributed by atoms with E-state index in [-0.39, 0.29) is 5.43 Å². The minimum atomic E-state index is -0.0270. The average Bonchev–Trinajstić information content (AvgIpc) is 2.54. The molecule has 1 aromatic carbocycles. The lowest BCUT2D eigenvalue weighted by Crippen LogP contribution is -2.30. The van der Waals surface area contributed by atoms with Gasteiger partial charge in [-0.15, -0.1) is 0 Å². The summed E-state index contributed by atoms with van der Waals surface area (Å²) in [7, 11) is 0. The van der Waals surface area contributed by atoms with Crippen molar-refractivity contribution in [2.45, 2.75) is 19.3 Å². The minimum absolute atomic E-state index is 0.0270. The molecule has 0 aliphatic carbocycles. The lowest BCUT2D eigenvalue weighted by Gasteiger charge is -2.27. The number of benzene rings is 1. The van der Waals surface area contributed by atoms with Gasteiger partial charge in [-0.25, -0.2) is 0 Å². The van der Waals surface area contributed by atoms with Crippen molar-refractivity contribution in [2.75, 3.05) is 24.6 Å². The van der Waals surface area contributed by atoms with Crippen LogP contribution in [0.25, 0.3) is 11.0 Å². The van der Waals surface area contributed by atoms with Gasteiger partial charge in [0, 0.05) is 19.2 Å². The van der Waals surface area contributed by atoms with E-state index in [4.69, 9.17) is 9.15 Å². The SMILES string of the molecule is C=CCOc1cccc2c(=O)cc(N3CCCCC3)oc12. The zero-order chi connectivity index (χ0) is 14.7. The minimum Gasteiger partial charge on any atom is -0.486 e. The quantitative estimate of drug-likeness (QED) is 0.808. The van der Waals surface area contributed by atoms with Crippen LogP contribution in [0, 0.1) is 0 Å². The molecule has 0 radical (unpaired) electrons. The Labute approximate surface area is 123 Å². The van der Waals surface area contributed by atoms with Gasteiger partial charge >= 0.3 is 0 Å². The number of rotatable bonds is 4. The fourth-order valence-electron chi connectivity index (χ4n) is 2.67. The largest absolute Gasteiger partial charge is 0.486 e. The van der Waals surface area contributed by atoms with Crippen LogP contribution >= 0.6 is 0 Å².